The maximum absolute atomic E-state index is 13.4. The maximum Gasteiger partial charge on any atom is 0.255 e. The van der Waals surface area contributed by atoms with Crippen LogP contribution in [0.15, 0.2) is 16.6 Å². The third-order valence-electron chi connectivity index (χ3n) is 4.13. The van der Waals surface area contributed by atoms with E-state index in [-0.39, 0.29) is 11.6 Å². The molecule has 1 aliphatic heterocycles. The van der Waals surface area contributed by atoms with Gasteiger partial charge < -0.3 is 10.6 Å². The van der Waals surface area contributed by atoms with Crippen molar-refractivity contribution in [2.45, 2.75) is 26.3 Å². The molecule has 6 heteroatoms. The summed E-state index contributed by atoms with van der Waals surface area (Å²) in [7, 11) is 0. The zero-order valence-electron chi connectivity index (χ0n) is 12.4. The molecule has 0 aromatic heterocycles. The fourth-order valence-corrected chi connectivity index (χ4v) is 3.01. The number of piperazine rings is 1. The van der Waals surface area contributed by atoms with Gasteiger partial charge in [-0.25, -0.2) is 4.39 Å². The second-order valence-corrected chi connectivity index (χ2v) is 6.29. The van der Waals surface area contributed by atoms with Gasteiger partial charge in [-0.05, 0) is 41.4 Å². The van der Waals surface area contributed by atoms with E-state index in [4.69, 9.17) is 5.73 Å². The van der Waals surface area contributed by atoms with E-state index < -0.39 is 5.82 Å². The molecule has 1 saturated heterocycles. The Hall–Kier alpha value is -1.14. The van der Waals surface area contributed by atoms with E-state index >= 15 is 0 Å². The Balaban J connectivity index is 2.07. The molecular formula is C15H21BrFN3O. The van der Waals surface area contributed by atoms with Gasteiger partial charge in [-0.15, -0.1) is 0 Å². The van der Waals surface area contributed by atoms with Gasteiger partial charge in [-0.2, -0.15) is 0 Å². The number of carbonyl (C=O) groups excluding carboxylic acids is 1. The first-order chi connectivity index (χ1) is 9.93. The molecular weight excluding hydrogens is 337 g/mol. The molecule has 1 atom stereocenters. The summed E-state index contributed by atoms with van der Waals surface area (Å²) in [5.41, 5.74) is 5.98. The number of benzene rings is 1. The number of nitrogens with two attached hydrogens (primary N) is 1. The summed E-state index contributed by atoms with van der Waals surface area (Å²) in [6.07, 6.45) is 1.11. The number of nitrogen functional groups attached to an aromatic ring is 1. The lowest BCUT2D eigenvalue weighted by molar-refractivity contribution is 0.0579. The number of nitrogens with zero attached hydrogens (tertiary/aromatic N) is 2. The van der Waals surface area contributed by atoms with Crippen molar-refractivity contribution in [3.63, 3.8) is 0 Å². The summed E-state index contributed by atoms with van der Waals surface area (Å²) < 4.78 is 13.8. The number of anilines is 1. The summed E-state index contributed by atoms with van der Waals surface area (Å²) in [5.74, 6) is -0.614. The lowest BCUT2D eigenvalue weighted by atomic mass is 10.1. The van der Waals surface area contributed by atoms with Gasteiger partial charge in [-0.1, -0.05) is 6.92 Å². The summed E-state index contributed by atoms with van der Waals surface area (Å²) in [6.45, 7) is 7.49. The molecule has 0 spiro atoms. The normalized spacial score (nSPS) is 17.8. The van der Waals surface area contributed by atoms with Crippen LogP contribution in [0, 0.1) is 5.82 Å². The Kier molecular flexibility index (Phi) is 5.22. The van der Waals surface area contributed by atoms with Crippen molar-refractivity contribution in [1.29, 1.82) is 0 Å². The Bertz CT molecular complexity index is 530. The Morgan fingerprint density at radius 3 is 2.57 bits per heavy atom. The summed E-state index contributed by atoms with van der Waals surface area (Å²) in [4.78, 5) is 16.7. The van der Waals surface area contributed by atoms with Gasteiger partial charge in [0.1, 0.15) is 5.82 Å². The number of hydrogen-bond donors (Lipinski definition) is 1. The van der Waals surface area contributed by atoms with Gasteiger partial charge >= 0.3 is 0 Å². The Labute approximate surface area is 133 Å². The predicted octanol–water partition coefficient (Wildman–Crippen LogP) is 2.73. The predicted molar refractivity (Wildman–Crippen MR) is 85.7 cm³/mol. The van der Waals surface area contributed by atoms with Crippen LogP contribution in [0.1, 0.15) is 30.6 Å². The van der Waals surface area contributed by atoms with Crippen LogP contribution in [-0.2, 0) is 0 Å². The van der Waals surface area contributed by atoms with Gasteiger partial charge in [0.15, 0.2) is 0 Å². The lowest BCUT2D eigenvalue weighted by Crippen LogP contribution is -2.51. The van der Waals surface area contributed by atoms with Crippen LogP contribution < -0.4 is 5.73 Å². The monoisotopic (exact) mass is 357 g/mol. The highest BCUT2D eigenvalue weighted by atomic mass is 79.9. The third-order valence-corrected chi connectivity index (χ3v) is 4.79. The topological polar surface area (TPSA) is 49.6 Å². The molecule has 1 fully saturated rings. The van der Waals surface area contributed by atoms with Crippen molar-refractivity contribution in [3.05, 3.63) is 28.0 Å². The van der Waals surface area contributed by atoms with Crippen molar-refractivity contribution in [1.82, 2.24) is 9.80 Å². The van der Waals surface area contributed by atoms with Gasteiger partial charge in [0, 0.05) is 36.7 Å². The van der Waals surface area contributed by atoms with Crippen molar-refractivity contribution >= 4 is 27.5 Å². The molecule has 0 bridgehead atoms. The smallest absolute Gasteiger partial charge is 0.255 e. The van der Waals surface area contributed by atoms with Crippen molar-refractivity contribution in [3.8, 4) is 0 Å². The molecule has 21 heavy (non-hydrogen) atoms. The molecule has 0 aliphatic carbocycles. The zero-order valence-corrected chi connectivity index (χ0v) is 14.0. The molecule has 4 nitrogen and oxygen atoms in total. The minimum Gasteiger partial charge on any atom is -0.396 e. The van der Waals surface area contributed by atoms with Crippen LogP contribution in [0.25, 0.3) is 0 Å². The van der Waals surface area contributed by atoms with Crippen molar-refractivity contribution in [2.75, 3.05) is 31.9 Å². The van der Waals surface area contributed by atoms with E-state index in [1.165, 1.54) is 12.1 Å². The molecule has 1 aliphatic rings. The van der Waals surface area contributed by atoms with Crippen LogP contribution in [0.4, 0.5) is 10.1 Å². The molecule has 2 rings (SSSR count). The molecule has 2 N–H and O–H groups in total. The molecule has 1 heterocycles. The number of hydrogen-bond acceptors (Lipinski definition) is 3. The highest BCUT2D eigenvalue weighted by molar-refractivity contribution is 9.10. The average molecular weight is 358 g/mol. The van der Waals surface area contributed by atoms with E-state index in [9.17, 15) is 9.18 Å². The minimum atomic E-state index is -0.514. The highest BCUT2D eigenvalue weighted by Crippen LogP contribution is 2.24. The third kappa shape index (κ3) is 3.55. The second-order valence-electron chi connectivity index (χ2n) is 5.44. The van der Waals surface area contributed by atoms with Crippen LogP contribution in [0.3, 0.4) is 0 Å². The van der Waals surface area contributed by atoms with E-state index in [0.29, 0.717) is 29.2 Å². The average Bonchev–Trinajstić information content (AvgIpc) is 2.49. The molecule has 116 valence electrons. The molecule has 1 aromatic carbocycles. The first-order valence-electron chi connectivity index (χ1n) is 7.21. The number of amides is 1. The van der Waals surface area contributed by atoms with Gasteiger partial charge in [0.05, 0.1) is 11.3 Å². The zero-order chi connectivity index (χ0) is 15.6. The summed E-state index contributed by atoms with van der Waals surface area (Å²) in [6, 6.07) is 3.19. The molecule has 1 aromatic rings. The van der Waals surface area contributed by atoms with Crippen molar-refractivity contribution < 1.29 is 9.18 Å². The summed E-state index contributed by atoms with van der Waals surface area (Å²) >= 11 is 3.24. The fourth-order valence-electron chi connectivity index (χ4n) is 2.52. The van der Waals surface area contributed by atoms with Gasteiger partial charge in [0.25, 0.3) is 5.91 Å². The number of rotatable bonds is 3. The number of carbonyl (C=O) groups is 1. The number of halogens is 2. The fraction of sp³-hybridized carbons (Fsp3) is 0.533. The largest absolute Gasteiger partial charge is 0.396 e. The molecule has 0 saturated carbocycles. The second kappa shape index (κ2) is 6.75. The van der Waals surface area contributed by atoms with Crippen LogP contribution >= 0.6 is 15.9 Å². The SMILES string of the molecule is CCC(C)N1CCN(C(=O)c2cc(N)c(F)cc2Br)CC1. The van der Waals surface area contributed by atoms with Crippen LogP contribution in [0.5, 0.6) is 0 Å². The van der Waals surface area contributed by atoms with Crippen LogP contribution in [-0.4, -0.2) is 47.9 Å². The van der Waals surface area contributed by atoms with Gasteiger partial charge in [-0.3, -0.25) is 9.69 Å². The summed E-state index contributed by atoms with van der Waals surface area (Å²) in [5, 5.41) is 0. The Morgan fingerprint density at radius 2 is 2.00 bits per heavy atom. The quantitative estimate of drug-likeness (QED) is 0.846. The van der Waals surface area contributed by atoms with E-state index in [1.807, 2.05) is 0 Å². The van der Waals surface area contributed by atoms with E-state index in [2.05, 4.69) is 34.7 Å². The molecule has 0 radical (unpaired) electrons. The van der Waals surface area contributed by atoms with Crippen molar-refractivity contribution in [2.24, 2.45) is 0 Å². The maximum atomic E-state index is 13.4. The highest BCUT2D eigenvalue weighted by Gasteiger charge is 2.25. The van der Waals surface area contributed by atoms with Crippen LogP contribution in [0.2, 0.25) is 0 Å². The minimum absolute atomic E-state index is 0.000193. The molecule has 1 amide bonds. The lowest BCUT2D eigenvalue weighted by Gasteiger charge is -2.38. The molecule has 1 unspecified atom stereocenters. The Morgan fingerprint density at radius 1 is 1.38 bits per heavy atom. The van der Waals surface area contributed by atoms with E-state index in [0.717, 1.165) is 19.5 Å². The first kappa shape index (κ1) is 16.2. The van der Waals surface area contributed by atoms with Gasteiger partial charge in [0.2, 0.25) is 0 Å². The first-order valence-corrected chi connectivity index (χ1v) is 8.01. The van der Waals surface area contributed by atoms with E-state index in [1.54, 1.807) is 4.90 Å². The standard InChI is InChI=1S/C15H21BrFN3O/c1-3-10(2)19-4-6-20(7-5-19)15(21)11-8-14(18)13(17)9-12(11)16/h8-10H,3-7,18H2,1-2H3.